The van der Waals surface area contributed by atoms with E-state index in [1.165, 1.54) is 21.3 Å². The van der Waals surface area contributed by atoms with Crippen LogP contribution in [0.3, 0.4) is 0 Å². The van der Waals surface area contributed by atoms with Gasteiger partial charge < -0.3 is 19.5 Å². The van der Waals surface area contributed by atoms with Gasteiger partial charge in [-0.25, -0.2) is 0 Å². The van der Waals surface area contributed by atoms with Crippen LogP contribution in [-0.2, 0) is 0 Å². The maximum atomic E-state index is 12.9. The highest BCUT2D eigenvalue weighted by Gasteiger charge is 2.18. The number of carbonyl (C=O) groups is 1. The molecule has 0 unspecified atom stereocenters. The van der Waals surface area contributed by atoms with E-state index in [1.807, 2.05) is 36.4 Å². The zero-order chi connectivity index (χ0) is 22.7. The van der Waals surface area contributed by atoms with E-state index in [-0.39, 0.29) is 5.91 Å². The molecule has 8 nitrogen and oxygen atoms in total. The van der Waals surface area contributed by atoms with E-state index in [0.717, 1.165) is 22.0 Å². The summed E-state index contributed by atoms with van der Waals surface area (Å²) in [6.07, 6.45) is 0. The van der Waals surface area contributed by atoms with Crippen LogP contribution < -0.4 is 19.5 Å². The van der Waals surface area contributed by atoms with Gasteiger partial charge in [-0.2, -0.15) is 10.4 Å². The molecular formula is C24H20N4O4. The number of hydrogen-bond acceptors (Lipinski definition) is 6. The fraction of sp³-hybridized carbons (Fsp3) is 0.125. The second-order valence-electron chi connectivity index (χ2n) is 6.89. The van der Waals surface area contributed by atoms with Crippen LogP contribution in [0, 0.1) is 11.3 Å². The molecule has 0 bridgehead atoms. The van der Waals surface area contributed by atoms with E-state index >= 15 is 0 Å². The first-order chi connectivity index (χ1) is 15.6. The number of rotatable bonds is 6. The van der Waals surface area contributed by atoms with Crippen LogP contribution in [-0.4, -0.2) is 37.4 Å². The predicted octanol–water partition coefficient (Wildman–Crippen LogP) is 4.38. The zero-order valence-corrected chi connectivity index (χ0v) is 17.7. The number of ether oxygens (including phenoxy) is 3. The van der Waals surface area contributed by atoms with Crippen molar-refractivity contribution in [2.75, 3.05) is 26.6 Å². The maximum Gasteiger partial charge on any atom is 0.257 e. The molecule has 1 amide bonds. The smallest absolute Gasteiger partial charge is 0.257 e. The molecule has 1 heterocycles. The molecule has 1 aromatic heterocycles. The van der Waals surface area contributed by atoms with E-state index in [2.05, 4.69) is 21.6 Å². The second kappa shape index (κ2) is 8.70. The Balaban J connectivity index is 1.64. The van der Waals surface area contributed by atoms with Gasteiger partial charge in [-0.15, -0.1) is 0 Å². The van der Waals surface area contributed by atoms with E-state index in [4.69, 9.17) is 19.5 Å². The van der Waals surface area contributed by atoms with Crippen LogP contribution in [0.2, 0.25) is 0 Å². The van der Waals surface area contributed by atoms with Gasteiger partial charge in [0.2, 0.25) is 5.75 Å². The van der Waals surface area contributed by atoms with Gasteiger partial charge in [0, 0.05) is 10.9 Å². The number of aromatic amines is 1. The summed E-state index contributed by atoms with van der Waals surface area (Å²) >= 11 is 0. The summed E-state index contributed by atoms with van der Waals surface area (Å²) in [4.78, 5) is 12.9. The molecule has 0 radical (unpaired) electrons. The van der Waals surface area contributed by atoms with Crippen LogP contribution in [0.4, 0.5) is 5.82 Å². The molecule has 160 valence electrons. The third kappa shape index (κ3) is 3.79. The Kier molecular flexibility index (Phi) is 5.64. The summed E-state index contributed by atoms with van der Waals surface area (Å²) in [7, 11) is 4.48. The van der Waals surface area contributed by atoms with Crippen molar-refractivity contribution in [3.8, 4) is 34.4 Å². The molecule has 8 heteroatoms. The number of methoxy groups -OCH3 is 3. The number of nitriles is 1. The SMILES string of the molecule is COc1cc(C(=O)Nc2n[nH]c3cc(-c4cccc(C#N)c4)ccc23)cc(OC)c1OC. The number of benzene rings is 3. The van der Waals surface area contributed by atoms with Gasteiger partial charge in [0.05, 0.1) is 38.5 Å². The molecule has 0 fully saturated rings. The summed E-state index contributed by atoms with van der Waals surface area (Å²) in [5, 5.41) is 19.9. The summed E-state index contributed by atoms with van der Waals surface area (Å²) in [5.74, 6) is 1.20. The third-order valence-corrected chi connectivity index (χ3v) is 5.05. The topological polar surface area (TPSA) is 109 Å². The summed E-state index contributed by atoms with van der Waals surface area (Å²) in [6.45, 7) is 0. The number of nitrogens with one attached hydrogen (secondary N) is 2. The second-order valence-corrected chi connectivity index (χ2v) is 6.89. The minimum absolute atomic E-state index is 0.334. The monoisotopic (exact) mass is 428 g/mol. The highest BCUT2D eigenvalue weighted by atomic mass is 16.5. The Hall–Kier alpha value is -4.51. The lowest BCUT2D eigenvalue weighted by molar-refractivity contribution is 0.102. The Morgan fingerprint density at radius 2 is 1.69 bits per heavy atom. The average Bonchev–Trinajstić information content (AvgIpc) is 3.24. The number of aromatic nitrogens is 2. The van der Waals surface area contributed by atoms with Gasteiger partial charge in [0.1, 0.15) is 0 Å². The summed E-state index contributed by atoms with van der Waals surface area (Å²) in [6, 6.07) is 18.4. The van der Waals surface area contributed by atoms with Crippen LogP contribution in [0.15, 0.2) is 54.6 Å². The molecule has 4 rings (SSSR count). The fourth-order valence-electron chi connectivity index (χ4n) is 3.45. The maximum absolute atomic E-state index is 12.9. The summed E-state index contributed by atoms with van der Waals surface area (Å²) in [5.41, 5.74) is 3.53. The average molecular weight is 428 g/mol. The number of hydrogen-bond donors (Lipinski definition) is 2. The highest BCUT2D eigenvalue weighted by molar-refractivity contribution is 6.08. The molecule has 0 aliphatic carbocycles. The Labute approximate surface area is 184 Å². The number of amides is 1. The lowest BCUT2D eigenvalue weighted by atomic mass is 10.0. The molecule has 32 heavy (non-hydrogen) atoms. The minimum atomic E-state index is -0.372. The van der Waals surface area contributed by atoms with Crippen molar-refractivity contribution < 1.29 is 19.0 Å². The van der Waals surface area contributed by atoms with E-state index in [9.17, 15) is 4.79 Å². The number of nitrogens with zero attached hydrogens (tertiary/aromatic N) is 2. The normalized spacial score (nSPS) is 10.4. The quantitative estimate of drug-likeness (QED) is 0.472. The molecule has 0 atom stereocenters. The van der Waals surface area contributed by atoms with Crippen molar-refractivity contribution in [3.63, 3.8) is 0 Å². The minimum Gasteiger partial charge on any atom is -0.493 e. The molecule has 0 saturated heterocycles. The Bertz CT molecular complexity index is 1330. The number of anilines is 1. The lowest BCUT2D eigenvalue weighted by Gasteiger charge is -2.13. The molecule has 0 aliphatic heterocycles. The van der Waals surface area contributed by atoms with Gasteiger partial charge in [0.25, 0.3) is 5.91 Å². The van der Waals surface area contributed by atoms with E-state index in [1.54, 1.807) is 18.2 Å². The Morgan fingerprint density at radius 1 is 0.969 bits per heavy atom. The first kappa shape index (κ1) is 20.8. The molecule has 0 saturated carbocycles. The van der Waals surface area contributed by atoms with E-state index < -0.39 is 0 Å². The van der Waals surface area contributed by atoms with Crippen molar-refractivity contribution in [1.29, 1.82) is 5.26 Å². The zero-order valence-electron chi connectivity index (χ0n) is 17.7. The van der Waals surface area contributed by atoms with Crippen molar-refractivity contribution in [2.45, 2.75) is 0 Å². The third-order valence-electron chi connectivity index (χ3n) is 5.05. The molecule has 0 aliphatic rings. The Morgan fingerprint density at radius 3 is 2.34 bits per heavy atom. The van der Waals surface area contributed by atoms with Crippen molar-refractivity contribution >= 4 is 22.6 Å². The summed E-state index contributed by atoms with van der Waals surface area (Å²) < 4.78 is 15.9. The van der Waals surface area contributed by atoms with Crippen molar-refractivity contribution in [2.24, 2.45) is 0 Å². The largest absolute Gasteiger partial charge is 0.493 e. The number of H-pyrrole nitrogens is 1. The van der Waals surface area contributed by atoms with Crippen LogP contribution >= 0.6 is 0 Å². The lowest BCUT2D eigenvalue weighted by Crippen LogP contribution is -2.13. The van der Waals surface area contributed by atoms with Gasteiger partial charge >= 0.3 is 0 Å². The number of fused-ring (bicyclic) bond motifs is 1. The van der Waals surface area contributed by atoms with Crippen LogP contribution in [0.5, 0.6) is 17.2 Å². The molecular weight excluding hydrogens is 408 g/mol. The van der Waals surface area contributed by atoms with Gasteiger partial charge in [-0.3, -0.25) is 9.89 Å². The van der Waals surface area contributed by atoms with Gasteiger partial charge in [-0.05, 0) is 47.5 Å². The molecule has 2 N–H and O–H groups in total. The first-order valence-corrected chi connectivity index (χ1v) is 9.68. The fourth-order valence-corrected chi connectivity index (χ4v) is 3.45. The van der Waals surface area contributed by atoms with Crippen molar-refractivity contribution in [3.05, 3.63) is 65.7 Å². The van der Waals surface area contributed by atoms with Gasteiger partial charge in [0.15, 0.2) is 17.3 Å². The first-order valence-electron chi connectivity index (χ1n) is 9.68. The highest BCUT2D eigenvalue weighted by Crippen LogP contribution is 2.38. The molecule has 3 aromatic carbocycles. The standard InChI is InChI=1S/C24H20N4O4/c1-30-20-11-17(12-21(31-2)22(20)32-3)24(29)26-23-18-8-7-16(10-19(18)27-28-23)15-6-4-5-14(9-15)13-25/h4-12H,1-3H3,(H2,26,27,28,29). The molecule has 4 aromatic rings. The van der Waals surface area contributed by atoms with Gasteiger partial charge in [-0.1, -0.05) is 18.2 Å². The van der Waals surface area contributed by atoms with E-state index in [0.29, 0.717) is 34.2 Å². The predicted molar refractivity (Wildman–Crippen MR) is 120 cm³/mol. The van der Waals surface area contributed by atoms with Crippen LogP contribution in [0.25, 0.3) is 22.0 Å². The molecule has 0 spiro atoms. The van der Waals surface area contributed by atoms with Crippen molar-refractivity contribution in [1.82, 2.24) is 10.2 Å². The number of carbonyl (C=O) groups excluding carboxylic acids is 1. The van der Waals surface area contributed by atoms with Crippen LogP contribution in [0.1, 0.15) is 15.9 Å².